The van der Waals surface area contributed by atoms with Crippen molar-refractivity contribution >= 4 is 17.7 Å². The van der Waals surface area contributed by atoms with Crippen LogP contribution >= 0.6 is 0 Å². The average Bonchev–Trinajstić information content (AvgIpc) is 2.37. The van der Waals surface area contributed by atoms with E-state index in [4.69, 9.17) is 9.84 Å². The van der Waals surface area contributed by atoms with Crippen molar-refractivity contribution in [2.45, 2.75) is 19.9 Å². The Labute approximate surface area is 111 Å². The lowest BCUT2D eigenvalue weighted by molar-refractivity contribution is -0.141. The molecule has 6 heteroatoms. The van der Waals surface area contributed by atoms with Gasteiger partial charge in [-0.3, -0.25) is 4.79 Å². The van der Waals surface area contributed by atoms with Crippen LogP contribution < -0.4 is 15.4 Å². The highest BCUT2D eigenvalue weighted by Crippen LogP contribution is 2.16. The van der Waals surface area contributed by atoms with Crippen LogP contribution in [-0.4, -0.2) is 30.3 Å². The smallest absolute Gasteiger partial charge is 0.319 e. The standard InChI is InChI=1S/C13H18N2O4/c1-8(12(16)17)9(2)14-13(18)15-10-5-4-6-11(7-10)19-3/h4-9H,1-3H3,(H,16,17)(H2,14,15,18). The van der Waals surface area contributed by atoms with Crippen LogP contribution in [0, 0.1) is 5.92 Å². The van der Waals surface area contributed by atoms with Gasteiger partial charge in [0, 0.05) is 17.8 Å². The van der Waals surface area contributed by atoms with Crippen LogP contribution in [0.5, 0.6) is 5.75 Å². The van der Waals surface area contributed by atoms with Gasteiger partial charge in [0.25, 0.3) is 0 Å². The Bertz CT molecular complexity index is 462. The van der Waals surface area contributed by atoms with E-state index in [1.807, 2.05) is 0 Å². The summed E-state index contributed by atoms with van der Waals surface area (Å²) in [6, 6.07) is 5.98. The number of carboxylic acid groups (broad SMARTS) is 1. The predicted molar refractivity (Wildman–Crippen MR) is 71.4 cm³/mol. The first-order valence-corrected chi connectivity index (χ1v) is 5.88. The molecule has 0 bridgehead atoms. The zero-order valence-corrected chi connectivity index (χ0v) is 11.1. The number of carbonyl (C=O) groups is 2. The van der Waals surface area contributed by atoms with E-state index < -0.39 is 24.0 Å². The zero-order valence-electron chi connectivity index (χ0n) is 11.1. The van der Waals surface area contributed by atoms with Crippen molar-refractivity contribution in [1.82, 2.24) is 5.32 Å². The van der Waals surface area contributed by atoms with Crippen molar-refractivity contribution in [3.63, 3.8) is 0 Å². The number of urea groups is 1. The number of carboxylic acids is 1. The van der Waals surface area contributed by atoms with Crippen molar-refractivity contribution in [2.24, 2.45) is 5.92 Å². The van der Waals surface area contributed by atoms with Gasteiger partial charge in [-0.2, -0.15) is 0 Å². The summed E-state index contributed by atoms with van der Waals surface area (Å²) in [6.45, 7) is 3.18. The number of ether oxygens (including phenoxy) is 1. The molecule has 0 aromatic heterocycles. The fraction of sp³-hybridized carbons (Fsp3) is 0.385. The van der Waals surface area contributed by atoms with Crippen LogP contribution in [0.3, 0.4) is 0 Å². The SMILES string of the molecule is COc1cccc(NC(=O)NC(C)C(C)C(=O)O)c1. The second kappa shape index (κ2) is 6.63. The van der Waals surface area contributed by atoms with E-state index in [0.29, 0.717) is 11.4 Å². The summed E-state index contributed by atoms with van der Waals surface area (Å²) in [7, 11) is 1.54. The highest BCUT2D eigenvalue weighted by Gasteiger charge is 2.20. The van der Waals surface area contributed by atoms with E-state index >= 15 is 0 Å². The summed E-state index contributed by atoms with van der Waals surface area (Å²) in [6.07, 6.45) is 0. The molecule has 0 heterocycles. The van der Waals surface area contributed by atoms with Gasteiger partial charge in [-0.05, 0) is 26.0 Å². The van der Waals surface area contributed by atoms with E-state index in [-0.39, 0.29) is 0 Å². The van der Waals surface area contributed by atoms with Gasteiger partial charge in [0.15, 0.2) is 0 Å². The Balaban J connectivity index is 2.57. The van der Waals surface area contributed by atoms with Crippen molar-refractivity contribution in [3.05, 3.63) is 24.3 Å². The minimum Gasteiger partial charge on any atom is -0.497 e. The van der Waals surface area contributed by atoms with Crippen molar-refractivity contribution in [3.8, 4) is 5.75 Å². The maximum absolute atomic E-state index is 11.7. The fourth-order valence-electron chi connectivity index (χ4n) is 1.41. The first-order chi connectivity index (χ1) is 8.93. The number of anilines is 1. The Morgan fingerprint density at radius 2 is 2.00 bits per heavy atom. The number of aliphatic carboxylic acids is 1. The van der Waals surface area contributed by atoms with Crippen LogP contribution in [0.2, 0.25) is 0 Å². The Kier molecular flexibility index (Phi) is 5.17. The first-order valence-electron chi connectivity index (χ1n) is 5.88. The number of methoxy groups -OCH3 is 1. The molecule has 19 heavy (non-hydrogen) atoms. The molecule has 0 aliphatic carbocycles. The second-order valence-corrected chi connectivity index (χ2v) is 4.25. The monoisotopic (exact) mass is 266 g/mol. The van der Waals surface area contributed by atoms with Gasteiger partial charge in [-0.1, -0.05) is 6.07 Å². The summed E-state index contributed by atoms with van der Waals surface area (Å²) in [5.74, 6) is -0.977. The lowest BCUT2D eigenvalue weighted by atomic mass is 10.0. The van der Waals surface area contributed by atoms with E-state index in [2.05, 4.69) is 10.6 Å². The molecule has 2 unspecified atom stereocenters. The number of carbonyl (C=O) groups excluding carboxylic acids is 1. The quantitative estimate of drug-likeness (QED) is 0.759. The molecule has 1 rings (SSSR count). The third kappa shape index (κ3) is 4.50. The normalized spacial score (nSPS) is 13.2. The van der Waals surface area contributed by atoms with Gasteiger partial charge >= 0.3 is 12.0 Å². The maximum atomic E-state index is 11.7. The second-order valence-electron chi connectivity index (χ2n) is 4.25. The minimum absolute atomic E-state index is 0.450. The van der Waals surface area contributed by atoms with Gasteiger partial charge in [0.2, 0.25) is 0 Å². The van der Waals surface area contributed by atoms with Gasteiger partial charge < -0.3 is 20.5 Å². The number of rotatable bonds is 5. The largest absolute Gasteiger partial charge is 0.497 e. The number of amides is 2. The highest BCUT2D eigenvalue weighted by atomic mass is 16.5. The highest BCUT2D eigenvalue weighted by molar-refractivity contribution is 5.90. The topological polar surface area (TPSA) is 87.7 Å². The maximum Gasteiger partial charge on any atom is 0.319 e. The van der Waals surface area contributed by atoms with Crippen molar-refractivity contribution in [1.29, 1.82) is 0 Å². The van der Waals surface area contributed by atoms with E-state index in [9.17, 15) is 9.59 Å². The molecule has 104 valence electrons. The third-order valence-electron chi connectivity index (χ3n) is 2.83. The molecule has 0 radical (unpaired) electrons. The van der Waals surface area contributed by atoms with Crippen LogP contribution in [0.4, 0.5) is 10.5 Å². The fourth-order valence-corrected chi connectivity index (χ4v) is 1.41. The summed E-state index contributed by atoms with van der Waals surface area (Å²) in [4.78, 5) is 22.5. The number of hydrogen-bond donors (Lipinski definition) is 3. The van der Waals surface area contributed by atoms with Crippen LogP contribution in [0.25, 0.3) is 0 Å². The molecule has 6 nitrogen and oxygen atoms in total. The summed E-state index contributed by atoms with van der Waals surface area (Å²) in [5.41, 5.74) is 0.576. The molecular weight excluding hydrogens is 248 g/mol. The van der Waals surface area contributed by atoms with E-state index in [1.165, 1.54) is 7.11 Å². The number of hydrogen-bond acceptors (Lipinski definition) is 3. The molecular formula is C13H18N2O4. The van der Waals surface area contributed by atoms with Crippen LogP contribution in [0.1, 0.15) is 13.8 Å². The molecule has 0 saturated carbocycles. The van der Waals surface area contributed by atoms with Gasteiger partial charge in [0.1, 0.15) is 5.75 Å². The van der Waals surface area contributed by atoms with E-state index in [1.54, 1.807) is 38.1 Å². The van der Waals surface area contributed by atoms with Crippen molar-refractivity contribution in [2.75, 3.05) is 12.4 Å². The van der Waals surface area contributed by atoms with Gasteiger partial charge in [-0.15, -0.1) is 0 Å². The molecule has 1 aromatic rings. The van der Waals surface area contributed by atoms with E-state index in [0.717, 1.165) is 0 Å². The molecule has 2 amide bonds. The Hall–Kier alpha value is -2.24. The van der Waals surface area contributed by atoms with Gasteiger partial charge in [-0.25, -0.2) is 4.79 Å². The summed E-state index contributed by atoms with van der Waals surface area (Å²) < 4.78 is 5.04. The third-order valence-corrected chi connectivity index (χ3v) is 2.83. The van der Waals surface area contributed by atoms with Crippen LogP contribution in [0.15, 0.2) is 24.3 Å². The summed E-state index contributed by atoms with van der Waals surface area (Å²) in [5, 5.41) is 14.0. The number of benzene rings is 1. The average molecular weight is 266 g/mol. The zero-order chi connectivity index (χ0) is 14.4. The van der Waals surface area contributed by atoms with Gasteiger partial charge in [0.05, 0.1) is 13.0 Å². The minimum atomic E-state index is -0.950. The molecule has 1 aromatic carbocycles. The number of nitrogens with one attached hydrogen (secondary N) is 2. The molecule has 0 aliphatic heterocycles. The molecule has 2 atom stereocenters. The molecule has 0 fully saturated rings. The predicted octanol–water partition coefficient (Wildman–Crippen LogP) is 1.93. The Morgan fingerprint density at radius 3 is 2.58 bits per heavy atom. The molecule has 0 spiro atoms. The summed E-state index contributed by atoms with van der Waals surface area (Å²) >= 11 is 0. The molecule has 3 N–H and O–H groups in total. The van der Waals surface area contributed by atoms with Crippen LogP contribution in [-0.2, 0) is 4.79 Å². The molecule has 0 saturated heterocycles. The lowest BCUT2D eigenvalue weighted by Crippen LogP contribution is -2.42. The van der Waals surface area contributed by atoms with Crippen molar-refractivity contribution < 1.29 is 19.4 Å². The Morgan fingerprint density at radius 1 is 1.32 bits per heavy atom. The lowest BCUT2D eigenvalue weighted by Gasteiger charge is -2.18. The molecule has 0 aliphatic rings. The first kappa shape index (κ1) is 14.8.